The van der Waals surface area contributed by atoms with Crippen LogP contribution in [0.15, 0.2) is 28.9 Å². The number of furan rings is 1. The molecule has 0 saturated heterocycles. The van der Waals surface area contributed by atoms with Crippen LogP contribution in [-0.4, -0.2) is 22.2 Å². The van der Waals surface area contributed by atoms with E-state index in [4.69, 9.17) is 16.0 Å². The summed E-state index contributed by atoms with van der Waals surface area (Å²) in [5.74, 6) is 0.808. The Morgan fingerprint density at radius 2 is 2.37 bits per heavy atom. The highest BCUT2D eigenvalue weighted by Gasteiger charge is 2.10. The lowest BCUT2D eigenvalue weighted by Gasteiger charge is -2.01. The van der Waals surface area contributed by atoms with E-state index in [2.05, 4.69) is 17.3 Å². The summed E-state index contributed by atoms with van der Waals surface area (Å²) in [6.07, 6.45) is 5.27. The maximum atomic E-state index is 11.7. The summed E-state index contributed by atoms with van der Waals surface area (Å²) in [7, 11) is 0. The number of rotatable bonds is 6. The molecule has 0 radical (unpaired) electrons. The number of amides is 1. The fourth-order valence-corrected chi connectivity index (χ4v) is 1.79. The van der Waals surface area contributed by atoms with Crippen molar-refractivity contribution in [2.45, 2.75) is 26.3 Å². The van der Waals surface area contributed by atoms with E-state index in [0.29, 0.717) is 29.6 Å². The van der Waals surface area contributed by atoms with Crippen LogP contribution >= 0.6 is 11.6 Å². The highest BCUT2D eigenvalue weighted by atomic mass is 35.5. The van der Waals surface area contributed by atoms with Crippen molar-refractivity contribution in [2.75, 3.05) is 6.54 Å². The molecule has 0 fully saturated rings. The standard InChI is InChI=1S/C13H16ClN3O2/c1-2-3-6-15-13(18)12-5-4-11(19-12)9-17-8-10(14)7-16-17/h4-5,7-8H,2-3,6,9H2,1H3,(H,15,18). The van der Waals surface area contributed by atoms with Crippen molar-refractivity contribution in [3.05, 3.63) is 41.1 Å². The Morgan fingerprint density at radius 3 is 3.05 bits per heavy atom. The minimum atomic E-state index is -0.182. The molecule has 19 heavy (non-hydrogen) atoms. The van der Waals surface area contributed by atoms with Crippen LogP contribution in [0.1, 0.15) is 36.1 Å². The second-order valence-corrected chi connectivity index (χ2v) is 4.67. The molecular formula is C13H16ClN3O2. The molecule has 2 rings (SSSR count). The van der Waals surface area contributed by atoms with Crippen LogP contribution in [0.2, 0.25) is 5.02 Å². The first kappa shape index (κ1) is 13.7. The van der Waals surface area contributed by atoms with E-state index in [0.717, 1.165) is 12.8 Å². The van der Waals surface area contributed by atoms with E-state index in [1.165, 1.54) is 0 Å². The van der Waals surface area contributed by atoms with Gasteiger partial charge in [-0.15, -0.1) is 0 Å². The Hall–Kier alpha value is -1.75. The maximum absolute atomic E-state index is 11.7. The molecule has 2 aromatic heterocycles. The fourth-order valence-electron chi connectivity index (χ4n) is 1.64. The lowest BCUT2D eigenvalue weighted by molar-refractivity contribution is 0.0923. The third-order valence-electron chi connectivity index (χ3n) is 2.62. The summed E-state index contributed by atoms with van der Waals surface area (Å²) >= 11 is 5.78. The third kappa shape index (κ3) is 3.86. The van der Waals surface area contributed by atoms with Crippen molar-refractivity contribution in [1.82, 2.24) is 15.1 Å². The maximum Gasteiger partial charge on any atom is 0.286 e. The van der Waals surface area contributed by atoms with Gasteiger partial charge in [0.25, 0.3) is 5.91 Å². The number of hydrogen-bond acceptors (Lipinski definition) is 3. The first-order chi connectivity index (χ1) is 9.19. The summed E-state index contributed by atoms with van der Waals surface area (Å²) < 4.78 is 7.13. The number of nitrogens with one attached hydrogen (secondary N) is 1. The van der Waals surface area contributed by atoms with Gasteiger partial charge < -0.3 is 9.73 Å². The van der Waals surface area contributed by atoms with Gasteiger partial charge in [0.1, 0.15) is 5.76 Å². The van der Waals surface area contributed by atoms with Crippen molar-refractivity contribution in [3.63, 3.8) is 0 Å². The topological polar surface area (TPSA) is 60.1 Å². The molecule has 102 valence electrons. The molecule has 0 aliphatic rings. The lowest BCUT2D eigenvalue weighted by Crippen LogP contribution is -2.23. The van der Waals surface area contributed by atoms with Crippen molar-refractivity contribution in [1.29, 1.82) is 0 Å². The Labute approximate surface area is 116 Å². The monoisotopic (exact) mass is 281 g/mol. The summed E-state index contributed by atoms with van der Waals surface area (Å²) in [5, 5.41) is 7.43. The first-order valence-corrected chi connectivity index (χ1v) is 6.61. The van der Waals surface area contributed by atoms with Crippen LogP contribution in [0.25, 0.3) is 0 Å². The highest BCUT2D eigenvalue weighted by molar-refractivity contribution is 6.30. The Balaban J connectivity index is 1.93. The van der Waals surface area contributed by atoms with E-state index in [1.54, 1.807) is 29.2 Å². The van der Waals surface area contributed by atoms with E-state index >= 15 is 0 Å². The smallest absolute Gasteiger partial charge is 0.286 e. The predicted octanol–water partition coefficient (Wildman–Crippen LogP) is 2.71. The molecule has 1 amide bonds. The largest absolute Gasteiger partial charge is 0.454 e. The molecule has 0 bridgehead atoms. The molecule has 0 aromatic carbocycles. The average Bonchev–Trinajstić information content (AvgIpc) is 3.00. The van der Waals surface area contributed by atoms with Gasteiger partial charge in [0.15, 0.2) is 5.76 Å². The Bertz CT molecular complexity index is 548. The predicted molar refractivity (Wildman–Crippen MR) is 72.3 cm³/mol. The van der Waals surface area contributed by atoms with Gasteiger partial charge in [-0.2, -0.15) is 5.10 Å². The van der Waals surface area contributed by atoms with Gasteiger partial charge in [0.2, 0.25) is 0 Å². The quantitative estimate of drug-likeness (QED) is 0.828. The van der Waals surface area contributed by atoms with E-state index in [1.807, 2.05) is 0 Å². The molecule has 5 nitrogen and oxygen atoms in total. The highest BCUT2D eigenvalue weighted by Crippen LogP contribution is 2.11. The number of carbonyl (C=O) groups excluding carboxylic acids is 1. The third-order valence-corrected chi connectivity index (χ3v) is 2.82. The number of nitrogens with zero attached hydrogens (tertiary/aromatic N) is 2. The lowest BCUT2D eigenvalue weighted by atomic mass is 10.3. The van der Waals surface area contributed by atoms with Crippen LogP contribution in [0, 0.1) is 0 Å². The molecule has 0 aliphatic carbocycles. The van der Waals surface area contributed by atoms with Gasteiger partial charge in [-0.25, -0.2) is 0 Å². The van der Waals surface area contributed by atoms with Gasteiger partial charge in [0.05, 0.1) is 17.8 Å². The number of carbonyl (C=O) groups is 1. The van der Waals surface area contributed by atoms with Crippen molar-refractivity contribution in [3.8, 4) is 0 Å². The van der Waals surface area contributed by atoms with E-state index < -0.39 is 0 Å². The molecule has 0 atom stereocenters. The normalized spacial score (nSPS) is 10.6. The second-order valence-electron chi connectivity index (χ2n) is 4.23. The van der Waals surface area contributed by atoms with Gasteiger partial charge >= 0.3 is 0 Å². The summed E-state index contributed by atoms with van der Waals surface area (Å²) in [4.78, 5) is 11.7. The van der Waals surface area contributed by atoms with Crippen LogP contribution in [0.3, 0.4) is 0 Å². The summed E-state index contributed by atoms with van der Waals surface area (Å²) in [6.45, 7) is 3.20. The number of halogens is 1. The van der Waals surface area contributed by atoms with E-state index in [-0.39, 0.29) is 5.91 Å². The molecule has 2 aromatic rings. The van der Waals surface area contributed by atoms with Crippen molar-refractivity contribution in [2.24, 2.45) is 0 Å². The van der Waals surface area contributed by atoms with Crippen LogP contribution in [0.5, 0.6) is 0 Å². The average molecular weight is 282 g/mol. The minimum Gasteiger partial charge on any atom is -0.454 e. The number of aromatic nitrogens is 2. The van der Waals surface area contributed by atoms with Gasteiger partial charge in [0, 0.05) is 12.7 Å². The SMILES string of the molecule is CCCCNC(=O)c1ccc(Cn2cc(Cl)cn2)o1. The molecule has 0 spiro atoms. The van der Waals surface area contributed by atoms with Crippen LogP contribution < -0.4 is 5.32 Å². The summed E-state index contributed by atoms with van der Waals surface area (Å²) in [5.41, 5.74) is 0. The molecular weight excluding hydrogens is 266 g/mol. The van der Waals surface area contributed by atoms with Crippen molar-refractivity contribution >= 4 is 17.5 Å². The molecule has 0 unspecified atom stereocenters. The summed E-state index contributed by atoms with van der Waals surface area (Å²) in [6, 6.07) is 3.44. The first-order valence-electron chi connectivity index (χ1n) is 6.24. The zero-order valence-corrected chi connectivity index (χ0v) is 11.5. The van der Waals surface area contributed by atoms with Gasteiger partial charge in [-0.1, -0.05) is 24.9 Å². The Morgan fingerprint density at radius 1 is 1.53 bits per heavy atom. The molecule has 2 heterocycles. The Kier molecular flexibility index (Phi) is 4.63. The zero-order valence-electron chi connectivity index (χ0n) is 10.7. The molecule has 0 saturated carbocycles. The zero-order chi connectivity index (χ0) is 13.7. The van der Waals surface area contributed by atoms with E-state index in [9.17, 15) is 4.79 Å². The second kappa shape index (κ2) is 6.43. The minimum absolute atomic E-state index is 0.182. The van der Waals surface area contributed by atoms with Crippen LogP contribution in [-0.2, 0) is 6.54 Å². The van der Waals surface area contributed by atoms with Gasteiger partial charge in [-0.3, -0.25) is 9.48 Å². The molecule has 6 heteroatoms. The molecule has 1 N–H and O–H groups in total. The fraction of sp³-hybridized carbons (Fsp3) is 0.385. The number of unbranched alkanes of at least 4 members (excludes halogenated alkanes) is 1. The van der Waals surface area contributed by atoms with Crippen LogP contribution in [0.4, 0.5) is 0 Å². The number of hydrogen-bond donors (Lipinski definition) is 1. The molecule has 0 aliphatic heterocycles. The van der Waals surface area contributed by atoms with Crippen molar-refractivity contribution < 1.29 is 9.21 Å². The van der Waals surface area contributed by atoms with Gasteiger partial charge in [-0.05, 0) is 18.6 Å².